The van der Waals surface area contributed by atoms with Gasteiger partial charge >= 0.3 is 0 Å². The molecule has 0 aromatic rings. The topological polar surface area (TPSA) is 6.48 Å². The fourth-order valence-electron chi connectivity index (χ4n) is 1.78. The molecule has 0 spiro atoms. The first-order valence-corrected chi connectivity index (χ1v) is 5.28. The van der Waals surface area contributed by atoms with E-state index in [1.807, 2.05) is 0 Å². The Kier molecular flexibility index (Phi) is 3.79. The Morgan fingerprint density at radius 1 is 1.46 bits per heavy atom. The Morgan fingerprint density at radius 3 is 2.69 bits per heavy atom. The predicted molar refractivity (Wildman–Crippen MR) is 57.7 cm³/mol. The summed E-state index contributed by atoms with van der Waals surface area (Å²) in [6.45, 7) is 12.1. The summed E-state index contributed by atoms with van der Waals surface area (Å²) < 4.78 is 0. The lowest BCUT2D eigenvalue weighted by Gasteiger charge is -2.39. The van der Waals surface area contributed by atoms with Crippen molar-refractivity contribution < 1.29 is 0 Å². The molecule has 1 aliphatic rings. The van der Waals surface area contributed by atoms with E-state index in [1.165, 1.54) is 18.7 Å². The van der Waals surface area contributed by atoms with E-state index >= 15 is 0 Å². The summed E-state index contributed by atoms with van der Waals surface area (Å²) in [5.74, 6) is 0. The normalized spacial score (nSPS) is 24.8. The molecule has 1 saturated heterocycles. The minimum Gasteiger partial charge on any atom is -0.372 e. The van der Waals surface area contributed by atoms with Crippen LogP contribution in [0.5, 0.6) is 0 Å². The van der Waals surface area contributed by atoms with Gasteiger partial charge in [0.2, 0.25) is 0 Å². The number of likely N-dealkylation sites (N-methyl/N-ethyl adjacent to an activating group) is 1. The molecule has 2 heteroatoms. The van der Waals surface area contributed by atoms with Gasteiger partial charge in [-0.3, -0.25) is 0 Å². The molecule has 0 radical (unpaired) electrons. The average Bonchev–Trinajstić information content (AvgIpc) is 2.10. The summed E-state index contributed by atoms with van der Waals surface area (Å²) in [7, 11) is 2.20. The zero-order valence-electron chi connectivity index (χ0n) is 9.21. The monoisotopic (exact) mass is 182 g/mol. The first-order valence-electron chi connectivity index (χ1n) is 5.28. The van der Waals surface area contributed by atoms with Gasteiger partial charge in [0.25, 0.3) is 0 Å². The van der Waals surface area contributed by atoms with Gasteiger partial charge in [-0.25, -0.2) is 0 Å². The highest BCUT2D eigenvalue weighted by atomic mass is 15.3. The first-order chi connectivity index (χ1) is 6.15. The van der Waals surface area contributed by atoms with Crippen LogP contribution in [0.1, 0.15) is 26.7 Å². The molecular weight excluding hydrogens is 160 g/mol. The van der Waals surface area contributed by atoms with Crippen molar-refractivity contribution in [1.29, 1.82) is 0 Å². The van der Waals surface area contributed by atoms with E-state index in [1.54, 1.807) is 0 Å². The molecule has 1 atom stereocenters. The van der Waals surface area contributed by atoms with Crippen molar-refractivity contribution in [2.75, 3.05) is 26.7 Å². The maximum Gasteiger partial charge on any atom is 0.0328 e. The van der Waals surface area contributed by atoms with Gasteiger partial charge in [-0.2, -0.15) is 0 Å². The molecule has 1 unspecified atom stereocenters. The highest BCUT2D eigenvalue weighted by Gasteiger charge is 2.20. The molecular formula is C11H22N2. The molecule has 0 bridgehead atoms. The Morgan fingerprint density at radius 2 is 2.15 bits per heavy atom. The van der Waals surface area contributed by atoms with E-state index in [0.29, 0.717) is 6.04 Å². The lowest BCUT2D eigenvalue weighted by atomic mass is 10.1. The lowest BCUT2D eigenvalue weighted by Crippen LogP contribution is -2.49. The van der Waals surface area contributed by atoms with Crippen molar-refractivity contribution in [2.24, 2.45) is 0 Å². The van der Waals surface area contributed by atoms with Crippen LogP contribution in [0.3, 0.4) is 0 Å². The Bertz CT molecular complexity index is 177. The summed E-state index contributed by atoms with van der Waals surface area (Å²) in [6.07, 6.45) is 2.36. The zero-order valence-corrected chi connectivity index (χ0v) is 9.21. The summed E-state index contributed by atoms with van der Waals surface area (Å²) in [6, 6.07) is 0.669. The van der Waals surface area contributed by atoms with E-state index in [-0.39, 0.29) is 0 Å². The standard InChI is InChI=1S/C11H22N2/c1-5-6-10(2)13-8-7-12(4)11(3)9-13/h11H,2,5-9H2,1,3-4H3. The minimum absolute atomic E-state index is 0.669. The van der Waals surface area contributed by atoms with E-state index in [4.69, 9.17) is 0 Å². The van der Waals surface area contributed by atoms with Crippen LogP contribution in [0.2, 0.25) is 0 Å². The Hall–Kier alpha value is -0.500. The molecule has 0 aromatic carbocycles. The second-order valence-electron chi connectivity index (χ2n) is 4.09. The van der Waals surface area contributed by atoms with Gasteiger partial charge in [-0.1, -0.05) is 19.9 Å². The quantitative estimate of drug-likeness (QED) is 0.658. The summed E-state index contributed by atoms with van der Waals surface area (Å²) in [5.41, 5.74) is 1.32. The predicted octanol–water partition coefficient (Wildman–Crippen LogP) is 1.94. The number of hydrogen-bond acceptors (Lipinski definition) is 2. The molecule has 0 saturated carbocycles. The van der Waals surface area contributed by atoms with Crippen molar-refractivity contribution in [1.82, 2.24) is 9.80 Å². The van der Waals surface area contributed by atoms with Gasteiger partial charge in [0.05, 0.1) is 0 Å². The largest absolute Gasteiger partial charge is 0.372 e. The first kappa shape index (κ1) is 10.6. The van der Waals surface area contributed by atoms with Crippen LogP contribution in [0, 0.1) is 0 Å². The average molecular weight is 182 g/mol. The second kappa shape index (κ2) is 4.66. The van der Waals surface area contributed by atoms with Crippen molar-refractivity contribution in [3.63, 3.8) is 0 Å². The van der Waals surface area contributed by atoms with Crippen LogP contribution in [0.15, 0.2) is 12.3 Å². The van der Waals surface area contributed by atoms with Crippen LogP contribution in [0.25, 0.3) is 0 Å². The third-order valence-electron chi connectivity index (χ3n) is 2.95. The maximum absolute atomic E-state index is 4.13. The highest BCUT2D eigenvalue weighted by molar-refractivity contribution is 4.97. The number of nitrogens with zero attached hydrogens (tertiary/aromatic N) is 2. The molecule has 1 fully saturated rings. The number of rotatable bonds is 3. The fraction of sp³-hybridized carbons (Fsp3) is 0.818. The number of piperazine rings is 1. The maximum atomic E-state index is 4.13. The van der Waals surface area contributed by atoms with Gasteiger partial charge in [-0.15, -0.1) is 0 Å². The highest BCUT2D eigenvalue weighted by Crippen LogP contribution is 2.14. The summed E-state index contributed by atoms with van der Waals surface area (Å²) >= 11 is 0. The molecule has 2 nitrogen and oxygen atoms in total. The Labute approximate surface area is 82.2 Å². The third kappa shape index (κ3) is 2.73. The molecule has 0 N–H and O–H groups in total. The Balaban J connectivity index is 2.40. The fourth-order valence-corrected chi connectivity index (χ4v) is 1.78. The lowest BCUT2D eigenvalue weighted by molar-refractivity contribution is 0.128. The summed E-state index contributed by atoms with van der Waals surface area (Å²) in [4.78, 5) is 4.85. The van der Waals surface area contributed by atoms with Crippen LogP contribution < -0.4 is 0 Å². The number of hydrogen-bond donors (Lipinski definition) is 0. The van der Waals surface area contributed by atoms with E-state index in [9.17, 15) is 0 Å². The molecule has 1 rings (SSSR count). The van der Waals surface area contributed by atoms with Gasteiger partial charge < -0.3 is 9.80 Å². The summed E-state index contributed by atoms with van der Waals surface area (Å²) in [5, 5.41) is 0. The van der Waals surface area contributed by atoms with Crippen molar-refractivity contribution in [3.8, 4) is 0 Å². The molecule has 0 aromatic heterocycles. The van der Waals surface area contributed by atoms with Crippen molar-refractivity contribution >= 4 is 0 Å². The molecule has 0 aliphatic carbocycles. The van der Waals surface area contributed by atoms with Gasteiger partial charge in [0.1, 0.15) is 0 Å². The van der Waals surface area contributed by atoms with Crippen LogP contribution in [0.4, 0.5) is 0 Å². The molecule has 13 heavy (non-hydrogen) atoms. The van der Waals surface area contributed by atoms with Gasteiger partial charge in [0, 0.05) is 31.4 Å². The van der Waals surface area contributed by atoms with Gasteiger partial charge in [0.15, 0.2) is 0 Å². The molecule has 1 heterocycles. The van der Waals surface area contributed by atoms with E-state index < -0.39 is 0 Å². The van der Waals surface area contributed by atoms with Gasteiger partial charge in [-0.05, 0) is 20.4 Å². The van der Waals surface area contributed by atoms with Crippen LogP contribution in [-0.4, -0.2) is 42.5 Å². The van der Waals surface area contributed by atoms with E-state index in [0.717, 1.165) is 19.5 Å². The van der Waals surface area contributed by atoms with Crippen LogP contribution in [-0.2, 0) is 0 Å². The molecule has 0 amide bonds. The molecule has 76 valence electrons. The van der Waals surface area contributed by atoms with E-state index in [2.05, 4.69) is 37.3 Å². The SMILES string of the molecule is C=C(CCC)N1CCN(C)C(C)C1. The minimum atomic E-state index is 0.669. The smallest absolute Gasteiger partial charge is 0.0328 e. The molecule has 1 aliphatic heterocycles. The zero-order chi connectivity index (χ0) is 9.84. The second-order valence-corrected chi connectivity index (χ2v) is 4.09. The third-order valence-corrected chi connectivity index (χ3v) is 2.95. The van der Waals surface area contributed by atoms with Crippen molar-refractivity contribution in [2.45, 2.75) is 32.7 Å². The van der Waals surface area contributed by atoms with Crippen LogP contribution >= 0.6 is 0 Å². The van der Waals surface area contributed by atoms with Crippen molar-refractivity contribution in [3.05, 3.63) is 12.3 Å². The number of allylic oxidation sites excluding steroid dienone is 1.